The van der Waals surface area contributed by atoms with Crippen LogP contribution in [0.25, 0.3) is 21.7 Å². The molecule has 35 heavy (non-hydrogen) atoms. The topological polar surface area (TPSA) is 88.6 Å². The summed E-state index contributed by atoms with van der Waals surface area (Å²) < 4.78 is 33.7. The normalized spacial score (nSPS) is 16.3. The van der Waals surface area contributed by atoms with Crippen LogP contribution in [0, 0.1) is 5.92 Å². The molecule has 3 aromatic carbocycles. The van der Waals surface area contributed by atoms with Gasteiger partial charge in [-0.25, -0.2) is 18.1 Å². The molecule has 1 fully saturated rings. The van der Waals surface area contributed by atoms with Gasteiger partial charge < -0.3 is 9.64 Å². The largest absolute Gasteiger partial charge is 0.497 e. The molecule has 0 saturated carbocycles. The molecule has 1 aromatic heterocycles. The molecule has 1 aliphatic rings. The van der Waals surface area contributed by atoms with Gasteiger partial charge in [-0.2, -0.15) is 0 Å². The zero-order chi connectivity index (χ0) is 24.6. The first-order chi connectivity index (χ1) is 16.8. The monoisotopic (exact) mass is 509 g/mol. The number of pyridine rings is 1. The molecule has 0 radical (unpaired) electrons. The molecule has 180 valence electrons. The van der Waals surface area contributed by atoms with Crippen molar-refractivity contribution in [1.29, 1.82) is 0 Å². The first kappa shape index (κ1) is 23.5. The summed E-state index contributed by atoms with van der Waals surface area (Å²) in [6.07, 6.45) is 0.591. The Labute approximate surface area is 208 Å². The van der Waals surface area contributed by atoms with E-state index in [2.05, 4.69) is 9.71 Å². The number of rotatable bonds is 7. The standard InChI is InChI=1S/C26H24ClN3O4S/c1-34-22-7-4-18-5-8-23(14-21(18)13-22)35(32,33)28-15-20-10-11-30(26(20)31)16-17-2-3-19-6-9-25(27)29-24(19)12-17/h2-9,12-14,20,28H,10-11,15-16H2,1H3/t20-/m0/s1. The number of fused-ring (bicyclic) bond motifs is 2. The van der Waals surface area contributed by atoms with Gasteiger partial charge in [0.05, 0.1) is 23.4 Å². The molecule has 1 atom stereocenters. The lowest BCUT2D eigenvalue weighted by molar-refractivity contribution is -0.131. The first-order valence-corrected chi connectivity index (χ1v) is 13.1. The van der Waals surface area contributed by atoms with Gasteiger partial charge >= 0.3 is 0 Å². The third-order valence-electron chi connectivity index (χ3n) is 6.35. The Morgan fingerprint density at radius 2 is 1.80 bits per heavy atom. The van der Waals surface area contributed by atoms with Crippen LogP contribution in [0.5, 0.6) is 5.75 Å². The van der Waals surface area contributed by atoms with Crippen molar-refractivity contribution in [1.82, 2.24) is 14.6 Å². The highest BCUT2D eigenvalue weighted by Gasteiger charge is 2.32. The van der Waals surface area contributed by atoms with Crippen LogP contribution in [-0.4, -0.2) is 44.4 Å². The molecule has 0 spiro atoms. The van der Waals surface area contributed by atoms with Crippen LogP contribution in [0.2, 0.25) is 5.15 Å². The second kappa shape index (κ2) is 9.45. The minimum absolute atomic E-state index is 0.0582. The molecule has 4 aromatic rings. The summed E-state index contributed by atoms with van der Waals surface area (Å²) in [5.74, 6) is 0.190. The van der Waals surface area contributed by atoms with Gasteiger partial charge in [-0.1, -0.05) is 35.9 Å². The Kier molecular flexibility index (Phi) is 6.35. The lowest BCUT2D eigenvalue weighted by Crippen LogP contribution is -2.34. The van der Waals surface area contributed by atoms with E-state index in [-0.39, 0.29) is 17.3 Å². The van der Waals surface area contributed by atoms with Gasteiger partial charge in [0.25, 0.3) is 0 Å². The lowest BCUT2D eigenvalue weighted by Gasteiger charge is -2.17. The van der Waals surface area contributed by atoms with Gasteiger partial charge in [0.1, 0.15) is 10.9 Å². The number of ether oxygens (including phenoxy) is 1. The molecule has 0 unspecified atom stereocenters. The van der Waals surface area contributed by atoms with Crippen LogP contribution in [0.1, 0.15) is 12.0 Å². The average molecular weight is 510 g/mol. The third kappa shape index (κ3) is 4.96. The minimum Gasteiger partial charge on any atom is -0.497 e. The highest BCUT2D eigenvalue weighted by Crippen LogP contribution is 2.25. The van der Waals surface area contributed by atoms with Gasteiger partial charge in [-0.3, -0.25) is 4.79 Å². The second-order valence-corrected chi connectivity index (χ2v) is 10.8. The number of carbonyl (C=O) groups is 1. The highest BCUT2D eigenvalue weighted by molar-refractivity contribution is 7.89. The molecule has 1 N–H and O–H groups in total. The summed E-state index contributed by atoms with van der Waals surface area (Å²) in [5, 5.41) is 3.08. The van der Waals surface area contributed by atoms with E-state index in [1.807, 2.05) is 36.4 Å². The maximum atomic E-state index is 13.0. The molecular formula is C26H24ClN3O4S. The minimum atomic E-state index is -3.77. The van der Waals surface area contributed by atoms with Crippen molar-refractivity contribution < 1.29 is 17.9 Å². The number of sulfonamides is 1. The Morgan fingerprint density at radius 1 is 1.03 bits per heavy atom. The van der Waals surface area contributed by atoms with Crippen molar-refractivity contribution in [2.24, 2.45) is 5.92 Å². The van der Waals surface area contributed by atoms with Crippen LogP contribution in [0.3, 0.4) is 0 Å². The van der Waals surface area contributed by atoms with E-state index < -0.39 is 15.9 Å². The number of aromatic nitrogens is 1. The van der Waals surface area contributed by atoms with E-state index in [1.165, 1.54) is 0 Å². The fraction of sp³-hybridized carbons (Fsp3) is 0.231. The average Bonchev–Trinajstić information content (AvgIpc) is 3.20. The van der Waals surface area contributed by atoms with E-state index in [1.54, 1.807) is 42.3 Å². The molecule has 5 rings (SSSR count). The maximum absolute atomic E-state index is 13.0. The third-order valence-corrected chi connectivity index (χ3v) is 7.99. The summed E-state index contributed by atoms with van der Waals surface area (Å²) in [5.41, 5.74) is 1.73. The van der Waals surface area contributed by atoms with Crippen LogP contribution < -0.4 is 9.46 Å². The smallest absolute Gasteiger partial charge is 0.240 e. The fourth-order valence-corrected chi connectivity index (χ4v) is 5.67. The molecule has 7 nitrogen and oxygen atoms in total. The molecule has 0 bridgehead atoms. The van der Waals surface area contributed by atoms with Crippen molar-refractivity contribution >= 4 is 49.2 Å². The number of hydrogen-bond donors (Lipinski definition) is 1. The van der Waals surface area contributed by atoms with Crippen LogP contribution in [-0.2, 0) is 21.4 Å². The molecule has 1 saturated heterocycles. The lowest BCUT2D eigenvalue weighted by atomic mass is 10.1. The number of amides is 1. The van der Waals surface area contributed by atoms with Crippen LogP contribution in [0.4, 0.5) is 0 Å². The molecule has 9 heteroatoms. The van der Waals surface area contributed by atoms with Gasteiger partial charge in [-0.15, -0.1) is 0 Å². The summed E-state index contributed by atoms with van der Waals surface area (Å²) >= 11 is 6.00. The predicted octanol–water partition coefficient (Wildman–Crippen LogP) is 4.38. The van der Waals surface area contributed by atoms with Gasteiger partial charge in [-0.05, 0) is 65.2 Å². The fourth-order valence-electron chi connectivity index (χ4n) is 4.40. The Hall–Kier alpha value is -3.20. The van der Waals surface area contributed by atoms with Crippen LogP contribution in [0.15, 0.2) is 71.6 Å². The van der Waals surface area contributed by atoms with Crippen molar-refractivity contribution in [3.63, 3.8) is 0 Å². The first-order valence-electron chi connectivity index (χ1n) is 11.2. The Balaban J connectivity index is 1.25. The molecule has 1 aliphatic heterocycles. The number of likely N-dealkylation sites (tertiary alicyclic amines) is 1. The van der Waals surface area contributed by atoms with Gasteiger partial charge in [0.2, 0.25) is 15.9 Å². The number of carbonyl (C=O) groups excluding carboxylic acids is 1. The van der Waals surface area contributed by atoms with E-state index in [9.17, 15) is 13.2 Å². The number of hydrogen-bond acceptors (Lipinski definition) is 5. The highest BCUT2D eigenvalue weighted by atomic mass is 35.5. The number of methoxy groups -OCH3 is 1. The van der Waals surface area contributed by atoms with Crippen molar-refractivity contribution in [3.8, 4) is 5.75 Å². The van der Waals surface area contributed by atoms with E-state index >= 15 is 0 Å². The van der Waals surface area contributed by atoms with Crippen molar-refractivity contribution in [2.75, 3.05) is 20.2 Å². The number of nitrogens with one attached hydrogen (secondary N) is 1. The molecule has 0 aliphatic carbocycles. The molecular weight excluding hydrogens is 486 g/mol. The SMILES string of the molecule is COc1ccc2ccc(S(=O)(=O)NC[C@@H]3CCN(Cc4ccc5ccc(Cl)nc5c4)C3=O)cc2c1. The predicted molar refractivity (Wildman–Crippen MR) is 136 cm³/mol. The number of benzene rings is 3. The Bertz CT molecular complexity index is 1540. The van der Waals surface area contributed by atoms with Crippen molar-refractivity contribution in [3.05, 3.63) is 77.4 Å². The maximum Gasteiger partial charge on any atom is 0.240 e. The van der Waals surface area contributed by atoms with E-state index in [4.69, 9.17) is 16.3 Å². The summed E-state index contributed by atoms with van der Waals surface area (Å²) in [6, 6.07) is 20.0. The van der Waals surface area contributed by atoms with Crippen LogP contribution >= 0.6 is 11.6 Å². The van der Waals surface area contributed by atoms with Gasteiger partial charge in [0.15, 0.2) is 0 Å². The van der Waals surface area contributed by atoms with E-state index in [0.29, 0.717) is 30.4 Å². The van der Waals surface area contributed by atoms with E-state index in [0.717, 1.165) is 27.2 Å². The number of nitrogens with zero attached hydrogens (tertiary/aromatic N) is 2. The Morgan fingerprint density at radius 3 is 2.63 bits per heavy atom. The molecule has 2 heterocycles. The number of halogens is 1. The van der Waals surface area contributed by atoms with Gasteiger partial charge in [0, 0.05) is 25.0 Å². The second-order valence-electron chi connectivity index (χ2n) is 8.63. The zero-order valence-corrected chi connectivity index (χ0v) is 20.6. The van der Waals surface area contributed by atoms with Crippen molar-refractivity contribution in [2.45, 2.75) is 17.9 Å². The summed E-state index contributed by atoms with van der Waals surface area (Å²) in [6.45, 7) is 1.07. The summed E-state index contributed by atoms with van der Waals surface area (Å²) in [7, 11) is -2.20. The quantitative estimate of drug-likeness (QED) is 0.373. The summed E-state index contributed by atoms with van der Waals surface area (Å²) in [4.78, 5) is 19.2. The molecule has 1 amide bonds. The zero-order valence-electron chi connectivity index (χ0n) is 19.1.